The topological polar surface area (TPSA) is 52.6 Å². The van der Waals surface area contributed by atoms with Crippen molar-refractivity contribution in [2.24, 2.45) is 0 Å². The third-order valence-electron chi connectivity index (χ3n) is 3.90. The van der Waals surface area contributed by atoms with Gasteiger partial charge in [0.05, 0.1) is 11.3 Å². The van der Waals surface area contributed by atoms with Gasteiger partial charge in [0, 0.05) is 6.04 Å². The predicted molar refractivity (Wildman–Crippen MR) is 88.2 cm³/mol. The maximum absolute atomic E-state index is 11.3. The molecule has 118 valence electrons. The van der Waals surface area contributed by atoms with E-state index < -0.39 is 5.97 Å². The molecule has 0 aliphatic heterocycles. The van der Waals surface area contributed by atoms with Crippen LogP contribution in [0.2, 0.25) is 0 Å². The number of nitrogens with zero attached hydrogens (tertiary/aromatic N) is 1. The lowest BCUT2D eigenvalue weighted by molar-refractivity contribution is 0.0698. The zero-order chi connectivity index (χ0) is 15.8. The van der Waals surface area contributed by atoms with Crippen molar-refractivity contribution in [2.75, 3.05) is 25.0 Å². The van der Waals surface area contributed by atoms with E-state index in [1.54, 1.807) is 12.1 Å². The SMILES string of the molecule is CCN(CC)CCCC(C)Nc1c(C)cccc1C(=O)O. The number of anilines is 1. The van der Waals surface area contributed by atoms with Gasteiger partial charge in [-0.25, -0.2) is 4.79 Å². The highest BCUT2D eigenvalue weighted by Crippen LogP contribution is 2.22. The Balaban J connectivity index is 2.59. The average molecular weight is 292 g/mol. The van der Waals surface area contributed by atoms with Crippen molar-refractivity contribution in [2.45, 2.75) is 46.6 Å². The maximum atomic E-state index is 11.3. The summed E-state index contributed by atoms with van der Waals surface area (Å²) in [4.78, 5) is 13.7. The molecule has 0 fully saturated rings. The number of hydrogen-bond acceptors (Lipinski definition) is 3. The molecule has 0 heterocycles. The Morgan fingerprint density at radius 2 is 2.00 bits per heavy atom. The number of carbonyl (C=O) groups is 1. The van der Waals surface area contributed by atoms with Crippen LogP contribution in [-0.2, 0) is 0 Å². The molecular weight excluding hydrogens is 264 g/mol. The number of aryl methyl sites for hydroxylation is 1. The fourth-order valence-electron chi connectivity index (χ4n) is 2.52. The molecule has 21 heavy (non-hydrogen) atoms. The van der Waals surface area contributed by atoms with Crippen LogP contribution in [0.4, 0.5) is 5.69 Å². The van der Waals surface area contributed by atoms with Gasteiger partial charge in [-0.05, 0) is 58.0 Å². The van der Waals surface area contributed by atoms with E-state index in [2.05, 4.69) is 31.0 Å². The number of benzene rings is 1. The molecule has 0 aromatic heterocycles. The lowest BCUT2D eigenvalue weighted by Gasteiger charge is -2.21. The van der Waals surface area contributed by atoms with Crippen LogP contribution < -0.4 is 5.32 Å². The van der Waals surface area contributed by atoms with Gasteiger partial charge in [-0.3, -0.25) is 0 Å². The Morgan fingerprint density at radius 3 is 2.57 bits per heavy atom. The largest absolute Gasteiger partial charge is 0.478 e. The minimum atomic E-state index is -0.878. The summed E-state index contributed by atoms with van der Waals surface area (Å²) in [6, 6.07) is 5.65. The smallest absolute Gasteiger partial charge is 0.337 e. The average Bonchev–Trinajstić information content (AvgIpc) is 2.45. The Kier molecular flexibility index (Phi) is 7.23. The molecule has 1 aromatic rings. The van der Waals surface area contributed by atoms with E-state index >= 15 is 0 Å². The zero-order valence-electron chi connectivity index (χ0n) is 13.6. The highest BCUT2D eigenvalue weighted by molar-refractivity contribution is 5.95. The summed E-state index contributed by atoms with van der Waals surface area (Å²) in [5.41, 5.74) is 2.08. The Labute approximate surface area is 128 Å². The van der Waals surface area contributed by atoms with E-state index in [4.69, 9.17) is 0 Å². The van der Waals surface area contributed by atoms with E-state index in [1.807, 2.05) is 13.0 Å². The third-order valence-corrected chi connectivity index (χ3v) is 3.90. The van der Waals surface area contributed by atoms with Gasteiger partial charge in [0.2, 0.25) is 0 Å². The Hall–Kier alpha value is -1.55. The van der Waals surface area contributed by atoms with Gasteiger partial charge >= 0.3 is 5.97 Å². The molecule has 4 nitrogen and oxygen atoms in total. The number of aromatic carboxylic acids is 1. The van der Waals surface area contributed by atoms with Crippen molar-refractivity contribution >= 4 is 11.7 Å². The second-order valence-corrected chi connectivity index (χ2v) is 5.52. The molecule has 4 heteroatoms. The first-order valence-electron chi connectivity index (χ1n) is 7.81. The number of carboxylic acid groups (broad SMARTS) is 1. The molecule has 0 bridgehead atoms. The fourth-order valence-corrected chi connectivity index (χ4v) is 2.52. The molecule has 1 rings (SSSR count). The number of nitrogens with one attached hydrogen (secondary N) is 1. The summed E-state index contributed by atoms with van der Waals surface area (Å²) >= 11 is 0. The normalized spacial score (nSPS) is 12.4. The van der Waals surface area contributed by atoms with Crippen LogP contribution in [0.15, 0.2) is 18.2 Å². The van der Waals surface area contributed by atoms with Crippen molar-refractivity contribution in [3.05, 3.63) is 29.3 Å². The third kappa shape index (κ3) is 5.38. The standard InChI is InChI=1S/C17H28N2O2/c1-5-19(6-2)12-8-10-14(4)18-16-13(3)9-7-11-15(16)17(20)21/h7,9,11,14,18H,5-6,8,10,12H2,1-4H3,(H,20,21). The maximum Gasteiger partial charge on any atom is 0.337 e. The van der Waals surface area contributed by atoms with Gasteiger partial charge in [-0.15, -0.1) is 0 Å². The first-order chi connectivity index (χ1) is 9.99. The van der Waals surface area contributed by atoms with Crippen LogP contribution in [0, 0.1) is 6.92 Å². The lowest BCUT2D eigenvalue weighted by Crippen LogP contribution is -2.26. The van der Waals surface area contributed by atoms with Gasteiger partial charge in [0.25, 0.3) is 0 Å². The van der Waals surface area contributed by atoms with Gasteiger partial charge in [0.1, 0.15) is 0 Å². The molecular formula is C17H28N2O2. The molecule has 1 unspecified atom stereocenters. The van der Waals surface area contributed by atoms with Crippen LogP contribution in [0.3, 0.4) is 0 Å². The van der Waals surface area contributed by atoms with E-state index in [0.717, 1.165) is 43.7 Å². The van der Waals surface area contributed by atoms with Crippen molar-refractivity contribution < 1.29 is 9.90 Å². The molecule has 1 aromatic carbocycles. The van der Waals surface area contributed by atoms with E-state index in [9.17, 15) is 9.90 Å². The molecule has 0 saturated heterocycles. The number of carboxylic acids is 1. The quantitative estimate of drug-likeness (QED) is 0.730. The zero-order valence-corrected chi connectivity index (χ0v) is 13.6. The summed E-state index contributed by atoms with van der Waals surface area (Å²) < 4.78 is 0. The van der Waals surface area contributed by atoms with Crippen LogP contribution >= 0.6 is 0 Å². The van der Waals surface area contributed by atoms with E-state index in [1.165, 1.54) is 0 Å². The summed E-state index contributed by atoms with van der Waals surface area (Å²) in [5, 5.41) is 12.6. The van der Waals surface area contributed by atoms with Crippen LogP contribution in [0.1, 0.15) is 49.5 Å². The number of hydrogen-bond donors (Lipinski definition) is 2. The van der Waals surface area contributed by atoms with Gasteiger partial charge in [-0.1, -0.05) is 26.0 Å². The minimum absolute atomic E-state index is 0.264. The monoisotopic (exact) mass is 292 g/mol. The molecule has 2 N–H and O–H groups in total. The minimum Gasteiger partial charge on any atom is -0.478 e. The van der Waals surface area contributed by atoms with Gasteiger partial charge in [-0.2, -0.15) is 0 Å². The van der Waals surface area contributed by atoms with Gasteiger partial charge in [0.15, 0.2) is 0 Å². The van der Waals surface area contributed by atoms with Crippen molar-refractivity contribution in [1.29, 1.82) is 0 Å². The highest BCUT2D eigenvalue weighted by Gasteiger charge is 2.14. The molecule has 0 aliphatic rings. The number of para-hydroxylation sites is 1. The molecule has 0 aliphatic carbocycles. The van der Waals surface area contributed by atoms with Crippen molar-refractivity contribution in [1.82, 2.24) is 4.90 Å². The van der Waals surface area contributed by atoms with Crippen LogP contribution in [0.25, 0.3) is 0 Å². The second kappa shape index (κ2) is 8.67. The van der Waals surface area contributed by atoms with Crippen LogP contribution in [0.5, 0.6) is 0 Å². The summed E-state index contributed by atoms with van der Waals surface area (Å²) in [6.45, 7) is 11.7. The molecule has 0 spiro atoms. The lowest BCUT2D eigenvalue weighted by atomic mass is 10.1. The molecule has 0 saturated carbocycles. The fraction of sp³-hybridized carbons (Fsp3) is 0.588. The van der Waals surface area contributed by atoms with Crippen molar-refractivity contribution in [3.63, 3.8) is 0 Å². The molecule has 0 amide bonds. The first-order valence-corrected chi connectivity index (χ1v) is 7.81. The van der Waals surface area contributed by atoms with Gasteiger partial charge < -0.3 is 15.3 Å². The number of rotatable bonds is 9. The van der Waals surface area contributed by atoms with E-state index in [0.29, 0.717) is 5.56 Å². The predicted octanol–water partition coefficient (Wildman–Crippen LogP) is 3.62. The molecule has 1 atom stereocenters. The van der Waals surface area contributed by atoms with Crippen LogP contribution in [-0.4, -0.2) is 41.7 Å². The molecule has 0 radical (unpaired) electrons. The van der Waals surface area contributed by atoms with Crippen molar-refractivity contribution in [3.8, 4) is 0 Å². The summed E-state index contributed by atoms with van der Waals surface area (Å²) in [7, 11) is 0. The Bertz CT molecular complexity index is 456. The summed E-state index contributed by atoms with van der Waals surface area (Å²) in [5.74, 6) is -0.878. The highest BCUT2D eigenvalue weighted by atomic mass is 16.4. The van der Waals surface area contributed by atoms with E-state index in [-0.39, 0.29) is 6.04 Å². The Morgan fingerprint density at radius 1 is 1.33 bits per heavy atom. The summed E-state index contributed by atoms with van der Waals surface area (Å²) in [6.07, 6.45) is 2.15. The second-order valence-electron chi connectivity index (χ2n) is 5.52. The first kappa shape index (κ1) is 17.5.